The minimum Gasteiger partial charge on any atom is -0.299 e. The van der Waals surface area contributed by atoms with Gasteiger partial charge in [-0.1, -0.05) is 11.3 Å². The van der Waals surface area contributed by atoms with Crippen molar-refractivity contribution >= 4 is 16.5 Å². The van der Waals surface area contributed by atoms with Gasteiger partial charge in [-0.05, 0) is 32.4 Å². The lowest BCUT2D eigenvalue weighted by atomic mass is 10.2. The maximum absolute atomic E-state index is 5.31. The number of hydrazine groups is 1. The first kappa shape index (κ1) is 12.3. The van der Waals surface area contributed by atoms with E-state index < -0.39 is 0 Å². The van der Waals surface area contributed by atoms with Crippen molar-refractivity contribution in [1.29, 1.82) is 0 Å². The van der Waals surface area contributed by atoms with Crippen LogP contribution in [0.15, 0.2) is 0 Å². The van der Waals surface area contributed by atoms with E-state index in [0.717, 1.165) is 17.6 Å². The molecule has 2 aliphatic rings. The quantitative estimate of drug-likeness (QED) is 0.612. The Balaban J connectivity index is 1.52. The van der Waals surface area contributed by atoms with Gasteiger partial charge in [0.1, 0.15) is 5.01 Å². The lowest BCUT2D eigenvalue weighted by Gasteiger charge is -2.23. The predicted molar refractivity (Wildman–Crippen MR) is 72.2 cm³/mol. The number of rotatable bonds is 4. The summed E-state index contributed by atoms with van der Waals surface area (Å²) in [5, 5.41) is 9.85. The summed E-state index contributed by atoms with van der Waals surface area (Å²) in [4.78, 5) is 5.12. The van der Waals surface area contributed by atoms with Crippen molar-refractivity contribution in [3.8, 4) is 0 Å². The lowest BCUT2D eigenvalue weighted by molar-refractivity contribution is 0.229. The third kappa shape index (κ3) is 2.64. The summed E-state index contributed by atoms with van der Waals surface area (Å²) in [6.07, 6.45) is 4.04. The van der Waals surface area contributed by atoms with Crippen molar-refractivity contribution < 1.29 is 0 Å². The average Bonchev–Trinajstić information content (AvgIpc) is 3.10. The van der Waals surface area contributed by atoms with Crippen LogP contribution in [0.3, 0.4) is 0 Å². The molecule has 1 atom stereocenters. The van der Waals surface area contributed by atoms with Crippen molar-refractivity contribution in [2.24, 2.45) is 5.84 Å². The molecule has 0 saturated carbocycles. The van der Waals surface area contributed by atoms with Gasteiger partial charge in [-0.15, -0.1) is 10.2 Å². The normalized spacial score (nSPS) is 25.9. The first-order chi connectivity index (χ1) is 8.85. The standard InChI is InChI=1S/C11H20N6S/c12-13-11-15-14-10(18-11)8-16-6-3-9(7-16)17-4-1-2-5-17/h9H,1-8,12H2,(H,13,15). The van der Waals surface area contributed by atoms with Crippen molar-refractivity contribution in [3.05, 3.63) is 5.01 Å². The topological polar surface area (TPSA) is 70.3 Å². The third-order valence-electron chi connectivity index (χ3n) is 3.85. The summed E-state index contributed by atoms with van der Waals surface area (Å²) < 4.78 is 0. The molecular formula is C11H20N6S. The van der Waals surface area contributed by atoms with Gasteiger partial charge >= 0.3 is 0 Å². The van der Waals surface area contributed by atoms with E-state index in [9.17, 15) is 0 Å². The molecule has 1 aromatic rings. The molecule has 3 rings (SSSR count). The van der Waals surface area contributed by atoms with Crippen LogP contribution < -0.4 is 11.3 Å². The summed E-state index contributed by atoms with van der Waals surface area (Å²) >= 11 is 1.54. The summed E-state index contributed by atoms with van der Waals surface area (Å²) in [5.41, 5.74) is 2.54. The Labute approximate surface area is 111 Å². The Kier molecular flexibility index (Phi) is 3.74. The van der Waals surface area contributed by atoms with Crippen LogP contribution >= 0.6 is 11.3 Å². The van der Waals surface area contributed by atoms with Crippen LogP contribution in [0.4, 0.5) is 5.13 Å². The highest BCUT2D eigenvalue weighted by Gasteiger charge is 2.29. The third-order valence-corrected chi connectivity index (χ3v) is 4.69. The van der Waals surface area contributed by atoms with E-state index in [1.54, 1.807) is 0 Å². The first-order valence-corrected chi connectivity index (χ1v) is 7.42. The zero-order valence-electron chi connectivity index (χ0n) is 10.5. The molecule has 6 nitrogen and oxygen atoms in total. The Morgan fingerprint density at radius 3 is 2.83 bits per heavy atom. The number of anilines is 1. The maximum Gasteiger partial charge on any atom is 0.219 e. The monoisotopic (exact) mass is 268 g/mol. The highest BCUT2D eigenvalue weighted by molar-refractivity contribution is 7.15. The molecule has 2 aliphatic heterocycles. The second-order valence-electron chi connectivity index (χ2n) is 5.07. The van der Waals surface area contributed by atoms with Crippen LogP contribution in [0.5, 0.6) is 0 Å². The first-order valence-electron chi connectivity index (χ1n) is 6.60. The predicted octanol–water partition coefficient (Wildman–Crippen LogP) is 0.494. The molecule has 0 spiro atoms. The number of aromatic nitrogens is 2. The van der Waals surface area contributed by atoms with Gasteiger partial charge in [-0.3, -0.25) is 15.2 Å². The van der Waals surface area contributed by atoms with Gasteiger partial charge in [0.15, 0.2) is 0 Å². The fourth-order valence-electron chi connectivity index (χ4n) is 2.93. The van der Waals surface area contributed by atoms with Gasteiger partial charge < -0.3 is 0 Å². The minimum atomic E-state index is 0.695. The Hall–Kier alpha value is -0.760. The van der Waals surface area contributed by atoms with Crippen LogP contribution in [0.2, 0.25) is 0 Å². The molecule has 2 saturated heterocycles. The molecule has 3 N–H and O–H groups in total. The number of nitrogens with zero attached hydrogens (tertiary/aromatic N) is 4. The molecule has 0 radical (unpaired) electrons. The summed E-state index contributed by atoms with van der Waals surface area (Å²) in [6, 6.07) is 0.757. The molecule has 7 heteroatoms. The van der Waals surface area contributed by atoms with Gasteiger partial charge in [-0.25, -0.2) is 5.84 Å². The van der Waals surface area contributed by atoms with Crippen molar-refractivity contribution in [2.75, 3.05) is 31.6 Å². The number of hydrogen-bond acceptors (Lipinski definition) is 7. The van der Waals surface area contributed by atoms with E-state index in [0.29, 0.717) is 5.13 Å². The van der Waals surface area contributed by atoms with Crippen LogP contribution in [0, 0.1) is 0 Å². The zero-order chi connectivity index (χ0) is 12.4. The van der Waals surface area contributed by atoms with Crippen LogP contribution in [-0.4, -0.2) is 52.2 Å². The molecule has 100 valence electrons. The van der Waals surface area contributed by atoms with E-state index in [2.05, 4.69) is 25.4 Å². The van der Waals surface area contributed by atoms with Crippen LogP contribution in [0.1, 0.15) is 24.3 Å². The fourth-order valence-corrected chi connectivity index (χ4v) is 3.62. The number of hydrogen-bond donors (Lipinski definition) is 2. The van der Waals surface area contributed by atoms with Gasteiger partial charge in [0.2, 0.25) is 5.13 Å². The number of nitrogen functional groups attached to an aromatic ring is 1. The minimum absolute atomic E-state index is 0.695. The van der Waals surface area contributed by atoms with Gasteiger partial charge in [0.05, 0.1) is 6.54 Å². The van der Waals surface area contributed by atoms with E-state index in [-0.39, 0.29) is 0 Å². The number of nitrogens with two attached hydrogens (primary N) is 1. The highest BCUT2D eigenvalue weighted by Crippen LogP contribution is 2.23. The molecule has 1 unspecified atom stereocenters. The second kappa shape index (κ2) is 5.48. The van der Waals surface area contributed by atoms with Crippen LogP contribution in [-0.2, 0) is 6.54 Å². The van der Waals surface area contributed by atoms with Crippen molar-refractivity contribution in [2.45, 2.75) is 31.8 Å². The summed E-state index contributed by atoms with van der Waals surface area (Å²) in [5.74, 6) is 5.31. The SMILES string of the molecule is NNc1nnc(CN2CCC(N3CCCC3)C2)s1. The molecule has 1 aromatic heterocycles. The zero-order valence-corrected chi connectivity index (χ0v) is 11.3. The Bertz CT molecular complexity index is 389. The average molecular weight is 268 g/mol. The molecule has 0 bridgehead atoms. The molecule has 2 fully saturated rings. The molecule has 0 aromatic carbocycles. The molecule has 18 heavy (non-hydrogen) atoms. The molecule has 0 amide bonds. The molecule has 3 heterocycles. The number of nitrogens with one attached hydrogen (secondary N) is 1. The summed E-state index contributed by atoms with van der Waals surface area (Å²) in [6.45, 7) is 5.83. The Morgan fingerprint density at radius 2 is 2.11 bits per heavy atom. The van der Waals surface area contributed by atoms with E-state index in [1.807, 2.05) is 0 Å². The van der Waals surface area contributed by atoms with E-state index >= 15 is 0 Å². The van der Waals surface area contributed by atoms with Gasteiger partial charge in [0, 0.05) is 19.1 Å². The molecule has 0 aliphatic carbocycles. The number of likely N-dealkylation sites (tertiary alicyclic amines) is 2. The summed E-state index contributed by atoms with van der Waals surface area (Å²) in [7, 11) is 0. The fraction of sp³-hybridized carbons (Fsp3) is 0.818. The van der Waals surface area contributed by atoms with Crippen molar-refractivity contribution in [1.82, 2.24) is 20.0 Å². The smallest absolute Gasteiger partial charge is 0.219 e. The van der Waals surface area contributed by atoms with Gasteiger partial charge in [0.25, 0.3) is 0 Å². The van der Waals surface area contributed by atoms with E-state index in [4.69, 9.17) is 5.84 Å². The van der Waals surface area contributed by atoms with E-state index in [1.165, 1.54) is 56.8 Å². The maximum atomic E-state index is 5.31. The van der Waals surface area contributed by atoms with Crippen LogP contribution in [0.25, 0.3) is 0 Å². The molecular weight excluding hydrogens is 248 g/mol. The largest absolute Gasteiger partial charge is 0.299 e. The highest BCUT2D eigenvalue weighted by atomic mass is 32.1. The lowest BCUT2D eigenvalue weighted by Crippen LogP contribution is -2.35. The Morgan fingerprint density at radius 1 is 1.28 bits per heavy atom. The second-order valence-corrected chi connectivity index (χ2v) is 6.13. The van der Waals surface area contributed by atoms with Crippen molar-refractivity contribution in [3.63, 3.8) is 0 Å². The van der Waals surface area contributed by atoms with Gasteiger partial charge in [-0.2, -0.15) is 0 Å².